The number of anilines is 2. The molecule has 6 rings (SSSR count). The standard InChI is InChI=1S/C31H27N5O2/c1-2-36-31(38)29(34-27-10-4-9-26-25(27)8-5-17-32-26)19-28(35-36)23-7-3-6-22(18-23)20-11-13-21(14-12-20)30(37)33-24-15-16-24/h3-14,17-19,24,34H,2,15-16H2,1H3,(H,33,37). The first-order chi connectivity index (χ1) is 18.6. The molecule has 7 heteroatoms. The van der Waals surface area contributed by atoms with Crippen molar-refractivity contribution in [1.82, 2.24) is 20.1 Å². The summed E-state index contributed by atoms with van der Waals surface area (Å²) in [4.78, 5) is 29.9. The molecular weight excluding hydrogens is 474 g/mol. The molecule has 0 bridgehead atoms. The zero-order valence-corrected chi connectivity index (χ0v) is 21.0. The second-order valence-corrected chi connectivity index (χ2v) is 9.47. The van der Waals surface area contributed by atoms with Crippen molar-refractivity contribution in [3.63, 3.8) is 0 Å². The number of nitrogens with one attached hydrogen (secondary N) is 2. The molecule has 5 aromatic rings. The van der Waals surface area contributed by atoms with Crippen LogP contribution in [0.3, 0.4) is 0 Å². The Morgan fingerprint density at radius 1 is 0.895 bits per heavy atom. The number of pyridine rings is 1. The number of aryl methyl sites for hydroxylation is 1. The highest BCUT2D eigenvalue weighted by Crippen LogP contribution is 2.29. The van der Waals surface area contributed by atoms with E-state index in [0.717, 1.165) is 46.1 Å². The predicted molar refractivity (Wildman–Crippen MR) is 151 cm³/mol. The maximum Gasteiger partial charge on any atom is 0.290 e. The van der Waals surface area contributed by atoms with Crippen LogP contribution in [0.4, 0.5) is 11.4 Å². The van der Waals surface area contributed by atoms with Crippen molar-refractivity contribution < 1.29 is 4.79 Å². The van der Waals surface area contributed by atoms with Crippen LogP contribution in [0.25, 0.3) is 33.3 Å². The summed E-state index contributed by atoms with van der Waals surface area (Å²) in [5.41, 5.74) is 6.17. The molecule has 1 saturated carbocycles. The van der Waals surface area contributed by atoms with Crippen LogP contribution < -0.4 is 16.2 Å². The average Bonchev–Trinajstić information content (AvgIpc) is 3.78. The zero-order chi connectivity index (χ0) is 26.1. The number of fused-ring (bicyclic) bond motifs is 1. The number of rotatable bonds is 7. The van der Waals surface area contributed by atoms with Gasteiger partial charge >= 0.3 is 0 Å². The van der Waals surface area contributed by atoms with Crippen molar-refractivity contribution >= 4 is 28.2 Å². The van der Waals surface area contributed by atoms with E-state index in [1.165, 1.54) is 4.68 Å². The lowest BCUT2D eigenvalue weighted by Crippen LogP contribution is -2.25. The summed E-state index contributed by atoms with van der Waals surface area (Å²) in [5.74, 6) is -0.0270. The highest BCUT2D eigenvalue weighted by Gasteiger charge is 2.23. The number of aromatic nitrogens is 3. The fourth-order valence-corrected chi connectivity index (χ4v) is 4.51. The molecule has 0 aliphatic heterocycles. The summed E-state index contributed by atoms with van der Waals surface area (Å²) in [6, 6.07) is 27.5. The van der Waals surface area contributed by atoms with Gasteiger partial charge in [-0.2, -0.15) is 5.10 Å². The second kappa shape index (κ2) is 9.94. The summed E-state index contributed by atoms with van der Waals surface area (Å²) in [6.45, 7) is 2.35. The van der Waals surface area contributed by atoms with E-state index in [0.29, 0.717) is 29.5 Å². The SMILES string of the molecule is CCn1nc(-c2cccc(-c3ccc(C(=O)NC4CC4)cc3)c2)cc(Nc2cccc3ncccc23)c1=O. The summed E-state index contributed by atoms with van der Waals surface area (Å²) in [5, 5.41) is 11.9. The molecule has 1 aliphatic carbocycles. The number of carbonyl (C=O) groups excluding carboxylic acids is 1. The summed E-state index contributed by atoms with van der Waals surface area (Å²) in [6.07, 6.45) is 3.88. The van der Waals surface area contributed by atoms with Gasteiger partial charge in [-0.15, -0.1) is 0 Å². The van der Waals surface area contributed by atoms with Crippen LogP contribution in [0.2, 0.25) is 0 Å². The van der Waals surface area contributed by atoms with Crippen LogP contribution in [0.15, 0.2) is 95.9 Å². The maximum atomic E-state index is 13.2. The Balaban J connectivity index is 1.33. The van der Waals surface area contributed by atoms with Gasteiger partial charge in [0.25, 0.3) is 11.5 Å². The number of hydrogen-bond donors (Lipinski definition) is 2. The monoisotopic (exact) mass is 501 g/mol. The molecule has 1 fully saturated rings. The Hall–Kier alpha value is -4.78. The Labute approximate surface area is 220 Å². The van der Waals surface area contributed by atoms with Gasteiger partial charge < -0.3 is 10.6 Å². The third kappa shape index (κ3) is 4.78. The van der Waals surface area contributed by atoms with Crippen LogP contribution in [0.1, 0.15) is 30.1 Å². The van der Waals surface area contributed by atoms with E-state index >= 15 is 0 Å². The largest absolute Gasteiger partial charge is 0.350 e. The Bertz CT molecular complexity index is 1700. The lowest BCUT2D eigenvalue weighted by molar-refractivity contribution is 0.0951. The smallest absolute Gasteiger partial charge is 0.290 e. The summed E-state index contributed by atoms with van der Waals surface area (Å²) < 4.78 is 1.47. The molecule has 0 radical (unpaired) electrons. The minimum Gasteiger partial charge on any atom is -0.350 e. The molecule has 2 aromatic heterocycles. The van der Waals surface area contributed by atoms with Gasteiger partial charge in [-0.25, -0.2) is 4.68 Å². The lowest BCUT2D eigenvalue weighted by atomic mass is 10.00. The number of carbonyl (C=O) groups is 1. The third-order valence-electron chi connectivity index (χ3n) is 6.74. The summed E-state index contributed by atoms with van der Waals surface area (Å²) >= 11 is 0. The van der Waals surface area contributed by atoms with E-state index in [4.69, 9.17) is 0 Å². The van der Waals surface area contributed by atoms with Crippen molar-refractivity contribution in [2.45, 2.75) is 32.4 Å². The van der Waals surface area contributed by atoms with Gasteiger partial charge in [0.05, 0.1) is 11.2 Å². The first-order valence-corrected chi connectivity index (χ1v) is 12.8. The van der Waals surface area contributed by atoms with Gasteiger partial charge in [-0.3, -0.25) is 14.6 Å². The highest BCUT2D eigenvalue weighted by atomic mass is 16.2. The quantitative estimate of drug-likeness (QED) is 0.295. The number of nitrogens with zero attached hydrogens (tertiary/aromatic N) is 3. The topological polar surface area (TPSA) is 88.9 Å². The molecule has 3 aromatic carbocycles. The fourth-order valence-electron chi connectivity index (χ4n) is 4.51. The minimum atomic E-state index is -0.187. The molecule has 2 N–H and O–H groups in total. The molecule has 1 aliphatic rings. The first kappa shape index (κ1) is 23.6. The van der Waals surface area contributed by atoms with Gasteiger partial charge in [0.15, 0.2) is 0 Å². The van der Waals surface area contributed by atoms with Crippen LogP contribution in [0.5, 0.6) is 0 Å². The van der Waals surface area contributed by atoms with Crippen LogP contribution >= 0.6 is 0 Å². The van der Waals surface area contributed by atoms with Crippen LogP contribution in [-0.4, -0.2) is 26.7 Å². The third-order valence-corrected chi connectivity index (χ3v) is 6.74. The molecule has 188 valence electrons. The minimum absolute atomic E-state index is 0.0270. The van der Waals surface area contributed by atoms with Crippen molar-refractivity contribution in [1.29, 1.82) is 0 Å². The normalized spacial score (nSPS) is 12.9. The molecule has 0 spiro atoms. The van der Waals surface area contributed by atoms with Crippen molar-refractivity contribution in [2.75, 3.05) is 5.32 Å². The lowest BCUT2D eigenvalue weighted by Gasteiger charge is -2.13. The molecule has 0 atom stereocenters. The van der Waals surface area contributed by atoms with Gasteiger partial charge in [0, 0.05) is 41.0 Å². The Kier molecular flexibility index (Phi) is 6.17. The van der Waals surface area contributed by atoms with Crippen molar-refractivity contribution in [3.8, 4) is 22.4 Å². The van der Waals surface area contributed by atoms with Crippen molar-refractivity contribution in [3.05, 3.63) is 107 Å². The Morgan fingerprint density at radius 2 is 1.68 bits per heavy atom. The van der Waals surface area contributed by atoms with Crippen LogP contribution in [-0.2, 0) is 6.54 Å². The zero-order valence-electron chi connectivity index (χ0n) is 21.0. The average molecular weight is 502 g/mol. The number of benzene rings is 3. The fraction of sp³-hybridized carbons (Fsp3) is 0.161. The molecule has 38 heavy (non-hydrogen) atoms. The molecule has 2 heterocycles. The number of hydrogen-bond acceptors (Lipinski definition) is 5. The van der Waals surface area contributed by atoms with E-state index in [2.05, 4.69) is 26.8 Å². The van der Waals surface area contributed by atoms with Gasteiger partial charge in [0.1, 0.15) is 5.69 Å². The highest BCUT2D eigenvalue weighted by molar-refractivity contribution is 5.95. The van der Waals surface area contributed by atoms with E-state index < -0.39 is 0 Å². The first-order valence-electron chi connectivity index (χ1n) is 12.8. The predicted octanol–water partition coefficient (Wildman–Crippen LogP) is 5.78. The second-order valence-electron chi connectivity index (χ2n) is 9.47. The van der Waals surface area contributed by atoms with E-state index in [-0.39, 0.29) is 11.5 Å². The molecule has 7 nitrogen and oxygen atoms in total. The van der Waals surface area contributed by atoms with Gasteiger partial charge in [-0.1, -0.05) is 36.4 Å². The van der Waals surface area contributed by atoms with Gasteiger partial charge in [0.2, 0.25) is 0 Å². The molecule has 1 amide bonds. The van der Waals surface area contributed by atoms with Crippen molar-refractivity contribution in [2.24, 2.45) is 0 Å². The maximum absolute atomic E-state index is 13.2. The van der Waals surface area contributed by atoms with Crippen LogP contribution in [0, 0.1) is 0 Å². The van der Waals surface area contributed by atoms with E-state index in [9.17, 15) is 9.59 Å². The summed E-state index contributed by atoms with van der Waals surface area (Å²) in [7, 11) is 0. The van der Waals surface area contributed by atoms with Gasteiger partial charge in [-0.05, 0) is 79.4 Å². The van der Waals surface area contributed by atoms with E-state index in [1.54, 1.807) is 12.3 Å². The molecule has 0 saturated heterocycles. The number of amides is 1. The molecular formula is C31H27N5O2. The molecule has 0 unspecified atom stereocenters. The Morgan fingerprint density at radius 3 is 2.47 bits per heavy atom. The van der Waals surface area contributed by atoms with E-state index in [1.807, 2.05) is 79.7 Å².